The second-order valence-corrected chi connectivity index (χ2v) is 10.8. The molecule has 2 unspecified atom stereocenters. The summed E-state index contributed by atoms with van der Waals surface area (Å²) in [5, 5.41) is 3.16. The molecule has 1 saturated heterocycles. The van der Waals surface area contributed by atoms with Crippen molar-refractivity contribution in [3.05, 3.63) is 108 Å². The highest BCUT2D eigenvalue weighted by Crippen LogP contribution is 2.29. The number of hydrogen-bond donors (Lipinski definition) is 1. The fourth-order valence-electron chi connectivity index (χ4n) is 5.61. The van der Waals surface area contributed by atoms with E-state index < -0.39 is 6.04 Å². The maximum Gasteiger partial charge on any atom is 0.247 e. The molecular formula is C34H39N3O3. The van der Waals surface area contributed by atoms with Crippen LogP contribution < -0.4 is 10.2 Å². The van der Waals surface area contributed by atoms with Gasteiger partial charge in [0.25, 0.3) is 0 Å². The van der Waals surface area contributed by atoms with Crippen LogP contribution in [0.1, 0.15) is 36.0 Å². The first-order valence-corrected chi connectivity index (χ1v) is 14.3. The van der Waals surface area contributed by atoms with Crippen LogP contribution in [0.3, 0.4) is 0 Å². The summed E-state index contributed by atoms with van der Waals surface area (Å²) < 4.78 is 5.47. The molecule has 1 aliphatic carbocycles. The second-order valence-electron chi connectivity index (χ2n) is 10.8. The van der Waals surface area contributed by atoms with Crippen molar-refractivity contribution in [2.45, 2.75) is 45.2 Å². The van der Waals surface area contributed by atoms with Gasteiger partial charge < -0.3 is 19.9 Å². The third-order valence-electron chi connectivity index (χ3n) is 7.86. The van der Waals surface area contributed by atoms with E-state index in [9.17, 15) is 9.59 Å². The van der Waals surface area contributed by atoms with Crippen molar-refractivity contribution in [1.29, 1.82) is 0 Å². The number of nitrogens with one attached hydrogen (secondary N) is 1. The van der Waals surface area contributed by atoms with Crippen molar-refractivity contribution in [1.82, 2.24) is 4.90 Å². The first kappa shape index (κ1) is 27.7. The molecule has 6 heteroatoms. The zero-order chi connectivity index (χ0) is 27.7. The van der Waals surface area contributed by atoms with E-state index in [1.807, 2.05) is 59.5 Å². The number of aryl methyl sites for hydroxylation is 1. The van der Waals surface area contributed by atoms with Crippen molar-refractivity contribution in [3.8, 4) is 0 Å². The Morgan fingerprint density at radius 1 is 0.925 bits per heavy atom. The lowest BCUT2D eigenvalue weighted by Gasteiger charge is -2.37. The van der Waals surface area contributed by atoms with Gasteiger partial charge in [-0.2, -0.15) is 0 Å². The maximum absolute atomic E-state index is 14.1. The number of rotatable bonds is 9. The van der Waals surface area contributed by atoms with Crippen molar-refractivity contribution in [2.75, 3.05) is 36.5 Å². The summed E-state index contributed by atoms with van der Waals surface area (Å²) in [7, 11) is 0. The number of ether oxygens (including phenoxy) is 1. The minimum atomic E-state index is -0.582. The molecule has 1 heterocycles. The molecule has 1 N–H and O–H groups in total. The third-order valence-corrected chi connectivity index (χ3v) is 7.86. The molecule has 0 bridgehead atoms. The Balaban J connectivity index is 1.41. The van der Waals surface area contributed by atoms with Crippen molar-refractivity contribution >= 4 is 23.2 Å². The lowest BCUT2D eigenvalue weighted by molar-refractivity contribution is -0.141. The van der Waals surface area contributed by atoms with Crippen LogP contribution in [-0.4, -0.2) is 49.1 Å². The summed E-state index contributed by atoms with van der Waals surface area (Å²) in [6.07, 6.45) is 7.13. The van der Waals surface area contributed by atoms with Gasteiger partial charge in [-0.1, -0.05) is 72.3 Å². The molecule has 0 radical (unpaired) electrons. The van der Waals surface area contributed by atoms with E-state index in [1.165, 1.54) is 0 Å². The number of amides is 2. The normalized spacial score (nSPS) is 17.7. The summed E-state index contributed by atoms with van der Waals surface area (Å²) in [5.41, 5.74) is 4.99. The molecule has 208 valence electrons. The topological polar surface area (TPSA) is 61.9 Å². The number of benzene rings is 3. The number of anilines is 2. The zero-order valence-electron chi connectivity index (χ0n) is 23.3. The molecule has 1 fully saturated rings. The predicted molar refractivity (Wildman–Crippen MR) is 160 cm³/mol. The summed E-state index contributed by atoms with van der Waals surface area (Å²) in [6.45, 7) is 5.62. The summed E-state index contributed by atoms with van der Waals surface area (Å²) >= 11 is 0. The lowest BCUT2D eigenvalue weighted by atomic mass is 9.85. The van der Waals surface area contributed by atoms with Crippen LogP contribution in [0.25, 0.3) is 0 Å². The molecule has 2 atom stereocenters. The predicted octanol–water partition coefficient (Wildman–Crippen LogP) is 5.77. The summed E-state index contributed by atoms with van der Waals surface area (Å²) in [5.74, 6) is -0.125. The summed E-state index contributed by atoms with van der Waals surface area (Å²) in [6, 6.07) is 25.4. The molecule has 5 rings (SSSR count). The van der Waals surface area contributed by atoms with E-state index >= 15 is 0 Å². The van der Waals surface area contributed by atoms with Crippen molar-refractivity contribution in [2.24, 2.45) is 5.92 Å². The van der Waals surface area contributed by atoms with E-state index in [0.717, 1.165) is 73.6 Å². The van der Waals surface area contributed by atoms with Gasteiger partial charge in [-0.05, 0) is 67.5 Å². The number of carbonyl (C=O) groups excluding carboxylic acids is 2. The Morgan fingerprint density at radius 3 is 2.33 bits per heavy atom. The Hall–Kier alpha value is -3.90. The Bertz CT molecular complexity index is 1280. The molecule has 3 aromatic carbocycles. The standard InChI is InChI=1S/C34H39N3O3/c1-26-12-14-28(15-13-26)25-37(32(38)24-27-8-4-2-5-9-27)33(29-10-6-3-7-11-29)34(39)35-30-16-18-31(19-17-30)36-20-22-40-23-21-36/h2-6,8-9,12-19,29,33H,7,10-11,20-25H2,1H3,(H,35,39). The molecule has 40 heavy (non-hydrogen) atoms. The SMILES string of the molecule is Cc1ccc(CN(C(=O)Cc2ccccc2)C(C(=O)Nc2ccc(N3CCOCC3)cc2)C2CC=CCC2)cc1. The largest absolute Gasteiger partial charge is 0.378 e. The minimum absolute atomic E-state index is 0.0378. The van der Waals surface area contributed by atoms with E-state index in [2.05, 4.69) is 53.6 Å². The van der Waals surface area contributed by atoms with Gasteiger partial charge in [-0.15, -0.1) is 0 Å². The Kier molecular flexibility index (Phi) is 9.30. The molecule has 1 aliphatic heterocycles. The van der Waals surface area contributed by atoms with Gasteiger partial charge in [0, 0.05) is 31.0 Å². The van der Waals surface area contributed by atoms with Crippen molar-refractivity contribution < 1.29 is 14.3 Å². The smallest absolute Gasteiger partial charge is 0.247 e. The van der Waals surface area contributed by atoms with Gasteiger partial charge in [-0.25, -0.2) is 0 Å². The quantitative estimate of drug-likeness (QED) is 0.352. The highest BCUT2D eigenvalue weighted by molar-refractivity contribution is 5.97. The van der Waals surface area contributed by atoms with E-state index in [4.69, 9.17) is 4.74 Å². The van der Waals surface area contributed by atoms with Gasteiger partial charge >= 0.3 is 0 Å². The number of hydrogen-bond acceptors (Lipinski definition) is 4. The minimum Gasteiger partial charge on any atom is -0.378 e. The molecular weight excluding hydrogens is 498 g/mol. The van der Waals surface area contributed by atoms with Crippen LogP contribution >= 0.6 is 0 Å². The first-order chi connectivity index (χ1) is 19.6. The van der Waals surface area contributed by atoms with Crippen LogP contribution in [0.15, 0.2) is 91.0 Å². The molecule has 2 aliphatic rings. The van der Waals surface area contributed by atoms with Gasteiger partial charge in [0.15, 0.2) is 0 Å². The first-order valence-electron chi connectivity index (χ1n) is 14.3. The molecule has 0 saturated carbocycles. The van der Waals surface area contributed by atoms with Crippen LogP contribution in [0.2, 0.25) is 0 Å². The average Bonchev–Trinajstić information content (AvgIpc) is 3.00. The van der Waals surface area contributed by atoms with E-state index in [0.29, 0.717) is 6.54 Å². The molecule has 6 nitrogen and oxygen atoms in total. The zero-order valence-corrected chi connectivity index (χ0v) is 23.3. The summed E-state index contributed by atoms with van der Waals surface area (Å²) in [4.78, 5) is 32.1. The number of nitrogens with zero attached hydrogens (tertiary/aromatic N) is 2. The van der Waals surface area contributed by atoms with Crippen LogP contribution in [0, 0.1) is 12.8 Å². The van der Waals surface area contributed by atoms with E-state index in [-0.39, 0.29) is 24.2 Å². The highest BCUT2D eigenvalue weighted by atomic mass is 16.5. The molecule has 0 spiro atoms. The van der Waals surface area contributed by atoms with Gasteiger partial charge in [-0.3, -0.25) is 9.59 Å². The number of carbonyl (C=O) groups is 2. The van der Waals surface area contributed by atoms with Crippen LogP contribution in [0.4, 0.5) is 11.4 Å². The molecule has 3 aromatic rings. The Morgan fingerprint density at radius 2 is 1.65 bits per heavy atom. The molecule has 0 aromatic heterocycles. The number of morpholine rings is 1. The van der Waals surface area contributed by atoms with Crippen LogP contribution in [0.5, 0.6) is 0 Å². The molecule has 2 amide bonds. The van der Waals surface area contributed by atoms with E-state index in [1.54, 1.807) is 0 Å². The van der Waals surface area contributed by atoms with Crippen LogP contribution in [-0.2, 0) is 27.3 Å². The lowest BCUT2D eigenvalue weighted by Crippen LogP contribution is -2.51. The van der Waals surface area contributed by atoms with Gasteiger partial charge in [0.2, 0.25) is 11.8 Å². The van der Waals surface area contributed by atoms with Crippen molar-refractivity contribution in [3.63, 3.8) is 0 Å². The highest BCUT2D eigenvalue weighted by Gasteiger charge is 2.36. The Labute approximate surface area is 237 Å². The average molecular weight is 538 g/mol. The van der Waals surface area contributed by atoms with Gasteiger partial charge in [0.05, 0.1) is 19.6 Å². The van der Waals surface area contributed by atoms with Gasteiger partial charge in [0.1, 0.15) is 6.04 Å². The fraction of sp³-hybridized carbons (Fsp3) is 0.353. The third kappa shape index (κ3) is 7.19. The number of allylic oxidation sites excluding steroid dienone is 2. The monoisotopic (exact) mass is 537 g/mol. The second kappa shape index (κ2) is 13.4. The fourth-order valence-corrected chi connectivity index (χ4v) is 5.61. The maximum atomic E-state index is 14.1.